The Labute approximate surface area is 104 Å². The lowest BCUT2D eigenvalue weighted by molar-refractivity contribution is -0.137. The van der Waals surface area contributed by atoms with Gasteiger partial charge < -0.3 is 0 Å². The Morgan fingerprint density at radius 3 is 2.53 bits per heavy atom. The minimum Gasteiger partial charge on any atom is -0.298 e. The summed E-state index contributed by atoms with van der Waals surface area (Å²) in [6, 6.07) is 5.50. The Morgan fingerprint density at radius 2 is 2.00 bits per heavy atom. The van der Waals surface area contributed by atoms with Gasteiger partial charge in [0, 0.05) is 18.5 Å². The summed E-state index contributed by atoms with van der Waals surface area (Å²) in [4.78, 5) is 1.92. The molecule has 0 aliphatic carbocycles. The molecule has 5 heteroatoms. The molecule has 0 saturated heterocycles. The van der Waals surface area contributed by atoms with Crippen LogP contribution in [0.3, 0.4) is 0 Å². The van der Waals surface area contributed by atoms with E-state index >= 15 is 0 Å². The zero-order valence-corrected chi connectivity index (χ0v) is 10.5. The van der Waals surface area contributed by atoms with Gasteiger partial charge in [0.05, 0.1) is 5.56 Å². The Bertz CT molecular complexity index is 365. The van der Waals surface area contributed by atoms with Crippen LogP contribution in [0.4, 0.5) is 13.2 Å². The maximum atomic E-state index is 12.5. The Morgan fingerprint density at radius 1 is 1.35 bits per heavy atom. The lowest BCUT2D eigenvalue weighted by atomic mass is 10.1. The van der Waals surface area contributed by atoms with Crippen LogP contribution < -0.4 is 0 Å². The van der Waals surface area contributed by atoms with Gasteiger partial charge in [0.15, 0.2) is 0 Å². The molecule has 0 aliphatic heterocycles. The molecule has 1 atom stereocenters. The van der Waals surface area contributed by atoms with Gasteiger partial charge in [-0.2, -0.15) is 13.2 Å². The van der Waals surface area contributed by atoms with Crippen molar-refractivity contribution in [1.82, 2.24) is 4.90 Å². The van der Waals surface area contributed by atoms with Gasteiger partial charge in [-0.25, -0.2) is 0 Å². The van der Waals surface area contributed by atoms with Gasteiger partial charge in [-0.15, -0.1) is 11.6 Å². The number of alkyl halides is 4. The van der Waals surface area contributed by atoms with Gasteiger partial charge in [-0.3, -0.25) is 4.90 Å². The number of hydrogen-bond acceptors (Lipinski definition) is 1. The maximum Gasteiger partial charge on any atom is 0.416 e. The lowest BCUT2D eigenvalue weighted by Crippen LogP contribution is -2.29. The van der Waals surface area contributed by atoms with Crippen LogP contribution in [0.1, 0.15) is 18.1 Å². The predicted molar refractivity (Wildman–Crippen MR) is 63.1 cm³/mol. The molecule has 0 radical (unpaired) electrons. The Hall–Kier alpha value is -0.740. The van der Waals surface area contributed by atoms with Gasteiger partial charge in [0.1, 0.15) is 0 Å². The summed E-state index contributed by atoms with van der Waals surface area (Å²) < 4.78 is 37.5. The molecule has 1 aromatic rings. The molecule has 17 heavy (non-hydrogen) atoms. The summed E-state index contributed by atoms with van der Waals surface area (Å²) >= 11 is 5.70. The molecule has 1 aromatic carbocycles. The molecule has 0 amide bonds. The molecular formula is C12H15ClF3N. The molecule has 0 aromatic heterocycles. The van der Waals surface area contributed by atoms with Gasteiger partial charge in [-0.05, 0) is 25.6 Å². The van der Waals surface area contributed by atoms with Crippen molar-refractivity contribution in [3.63, 3.8) is 0 Å². The van der Waals surface area contributed by atoms with Crippen LogP contribution in [0.15, 0.2) is 24.3 Å². The van der Waals surface area contributed by atoms with Crippen LogP contribution in [-0.2, 0) is 12.7 Å². The molecule has 0 spiro atoms. The highest BCUT2D eigenvalue weighted by Crippen LogP contribution is 2.29. The summed E-state index contributed by atoms with van der Waals surface area (Å²) in [5.74, 6) is 0.454. The molecule has 0 bridgehead atoms. The van der Waals surface area contributed by atoms with Crippen LogP contribution in [0, 0.1) is 0 Å². The van der Waals surface area contributed by atoms with Crippen molar-refractivity contribution in [2.75, 3.05) is 12.9 Å². The van der Waals surface area contributed by atoms with E-state index in [1.54, 1.807) is 6.07 Å². The highest BCUT2D eigenvalue weighted by molar-refractivity contribution is 6.18. The Balaban J connectivity index is 2.79. The van der Waals surface area contributed by atoms with E-state index in [0.717, 1.165) is 6.07 Å². The fraction of sp³-hybridized carbons (Fsp3) is 0.500. The second-order valence-electron chi connectivity index (χ2n) is 4.12. The largest absolute Gasteiger partial charge is 0.416 e. The van der Waals surface area contributed by atoms with Gasteiger partial charge in [0.2, 0.25) is 0 Å². The second-order valence-corrected chi connectivity index (χ2v) is 4.43. The number of benzene rings is 1. The zero-order valence-electron chi connectivity index (χ0n) is 9.76. The van der Waals surface area contributed by atoms with E-state index in [1.165, 1.54) is 12.1 Å². The molecule has 0 heterocycles. The third-order valence-electron chi connectivity index (χ3n) is 2.66. The standard InChI is InChI=1S/C12H15ClF3N/c1-9(7-13)17(2)8-10-4-3-5-11(6-10)12(14,15)16/h3-6,9H,7-8H2,1-2H3. The molecular weight excluding hydrogens is 251 g/mol. The third-order valence-corrected chi connectivity index (χ3v) is 3.11. The van der Waals surface area contributed by atoms with Crippen LogP contribution >= 0.6 is 11.6 Å². The van der Waals surface area contributed by atoms with Crippen LogP contribution in [-0.4, -0.2) is 23.9 Å². The second kappa shape index (κ2) is 5.74. The van der Waals surface area contributed by atoms with Crippen molar-refractivity contribution in [3.05, 3.63) is 35.4 Å². The van der Waals surface area contributed by atoms with Crippen molar-refractivity contribution in [2.24, 2.45) is 0 Å². The van der Waals surface area contributed by atoms with E-state index < -0.39 is 11.7 Å². The molecule has 1 nitrogen and oxygen atoms in total. The van der Waals surface area contributed by atoms with Gasteiger partial charge >= 0.3 is 6.18 Å². The first-order valence-corrected chi connectivity index (χ1v) is 5.80. The summed E-state index contributed by atoms with van der Waals surface area (Å²) in [7, 11) is 1.84. The summed E-state index contributed by atoms with van der Waals surface area (Å²) in [6.07, 6.45) is -4.29. The first-order chi connectivity index (χ1) is 7.84. The first-order valence-electron chi connectivity index (χ1n) is 5.27. The van der Waals surface area contributed by atoms with Crippen LogP contribution in [0.2, 0.25) is 0 Å². The summed E-state index contributed by atoms with van der Waals surface area (Å²) in [5.41, 5.74) is 0.0289. The SMILES string of the molecule is CC(CCl)N(C)Cc1cccc(C(F)(F)F)c1. The number of nitrogens with zero attached hydrogens (tertiary/aromatic N) is 1. The van der Waals surface area contributed by atoms with Gasteiger partial charge in [-0.1, -0.05) is 18.2 Å². The normalized spacial score (nSPS) is 14.1. The first kappa shape index (κ1) is 14.3. The molecule has 0 aliphatic rings. The highest BCUT2D eigenvalue weighted by atomic mass is 35.5. The van der Waals surface area contributed by atoms with E-state index in [2.05, 4.69) is 0 Å². The number of rotatable bonds is 4. The lowest BCUT2D eigenvalue weighted by Gasteiger charge is -2.23. The third kappa shape index (κ3) is 4.21. The maximum absolute atomic E-state index is 12.5. The van der Waals surface area contributed by atoms with Crippen molar-refractivity contribution < 1.29 is 13.2 Å². The molecule has 0 saturated carbocycles. The summed E-state index contributed by atoms with van der Waals surface area (Å²) in [5, 5.41) is 0. The van der Waals surface area contributed by atoms with E-state index in [4.69, 9.17) is 11.6 Å². The molecule has 96 valence electrons. The molecule has 0 N–H and O–H groups in total. The number of hydrogen-bond donors (Lipinski definition) is 0. The fourth-order valence-corrected chi connectivity index (χ4v) is 1.64. The monoisotopic (exact) mass is 265 g/mol. The average Bonchev–Trinajstić information content (AvgIpc) is 2.27. The van der Waals surface area contributed by atoms with Crippen molar-refractivity contribution >= 4 is 11.6 Å². The average molecular weight is 266 g/mol. The van der Waals surface area contributed by atoms with E-state index in [-0.39, 0.29) is 6.04 Å². The van der Waals surface area contributed by atoms with Crippen molar-refractivity contribution in [2.45, 2.75) is 25.7 Å². The quantitative estimate of drug-likeness (QED) is 0.749. The highest BCUT2D eigenvalue weighted by Gasteiger charge is 2.30. The van der Waals surface area contributed by atoms with Crippen molar-refractivity contribution in [3.8, 4) is 0 Å². The van der Waals surface area contributed by atoms with Crippen molar-refractivity contribution in [1.29, 1.82) is 0 Å². The van der Waals surface area contributed by atoms with E-state index in [9.17, 15) is 13.2 Å². The van der Waals surface area contributed by atoms with E-state index in [1.807, 2.05) is 18.9 Å². The van der Waals surface area contributed by atoms with Crippen LogP contribution in [0.5, 0.6) is 0 Å². The number of halogens is 4. The molecule has 0 fully saturated rings. The minimum absolute atomic E-state index is 0.131. The zero-order chi connectivity index (χ0) is 13.1. The van der Waals surface area contributed by atoms with Gasteiger partial charge in [0.25, 0.3) is 0 Å². The summed E-state index contributed by atoms with van der Waals surface area (Å²) in [6.45, 7) is 2.39. The smallest absolute Gasteiger partial charge is 0.298 e. The topological polar surface area (TPSA) is 3.24 Å². The van der Waals surface area contributed by atoms with Crippen LogP contribution in [0.25, 0.3) is 0 Å². The fourth-order valence-electron chi connectivity index (χ4n) is 1.41. The Kier molecular flexibility index (Phi) is 4.83. The predicted octanol–water partition coefficient (Wildman–Crippen LogP) is 3.76. The molecule has 1 rings (SSSR count). The van der Waals surface area contributed by atoms with E-state index in [0.29, 0.717) is 18.0 Å². The molecule has 1 unspecified atom stereocenters. The minimum atomic E-state index is -4.29.